The van der Waals surface area contributed by atoms with Crippen molar-refractivity contribution in [1.29, 1.82) is 0 Å². The zero-order valence-corrected chi connectivity index (χ0v) is 30.9. The summed E-state index contributed by atoms with van der Waals surface area (Å²) in [6.45, 7) is 2.59. The molecule has 0 aromatic carbocycles. The van der Waals surface area contributed by atoms with Crippen molar-refractivity contribution in [1.82, 2.24) is 34.7 Å². The Hall–Kier alpha value is -4.73. The van der Waals surface area contributed by atoms with E-state index >= 15 is 0 Å². The summed E-state index contributed by atoms with van der Waals surface area (Å²) in [4.78, 5) is 65.2. The molecule has 15 heteroatoms. The molecule has 7 heterocycles. The van der Waals surface area contributed by atoms with Gasteiger partial charge in [0.05, 0.1) is 59.5 Å². The van der Waals surface area contributed by atoms with Crippen molar-refractivity contribution in [2.45, 2.75) is 38.2 Å². The first kappa shape index (κ1) is 39.0. The second kappa shape index (κ2) is 15.9. The minimum Gasteiger partial charge on any atom is -0.477 e. The molecule has 2 aliphatic rings. The predicted octanol–water partition coefficient (Wildman–Crippen LogP) is 4.07. The summed E-state index contributed by atoms with van der Waals surface area (Å²) < 4.78 is 5.57. The number of ether oxygens (including phenoxy) is 1. The van der Waals surface area contributed by atoms with Crippen LogP contribution in [0.2, 0.25) is 0 Å². The zero-order chi connectivity index (χ0) is 37.3. The molecule has 14 nitrogen and oxygen atoms in total. The van der Waals surface area contributed by atoms with E-state index in [-0.39, 0.29) is 74.4 Å². The maximum absolute atomic E-state index is 14.5. The van der Waals surface area contributed by atoms with Gasteiger partial charge in [0.1, 0.15) is 16.8 Å². The standard InChI is InChI=1S/C39H37N7O7.Lu/c1-38-22-45(20-24-10-8-16-30(43-24)34(47)48)23-39(36(38)51,37(52)53-2)33(29-13-4-6-19-41-29)46(32(38)28-12-3-5-18-40-28)21-25-11-7-14-26(42-25)27-15-9-17-31(44-27)35(49)50;/h3-19,32-33,36,51H,20-23H2,1-2H3,(H,47,48)(H,49,50);/q;+3. The average Bonchev–Trinajstić information content (AvgIpc) is 3.17. The second-order valence-electron chi connectivity index (χ2n) is 13.6. The van der Waals surface area contributed by atoms with E-state index in [1.54, 1.807) is 48.8 Å². The molecule has 2 saturated heterocycles. The third-order valence-corrected chi connectivity index (χ3v) is 10.2. The molecule has 2 fully saturated rings. The van der Waals surface area contributed by atoms with E-state index in [0.717, 1.165) is 0 Å². The van der Waals surface area contributed by atoms with Crippen LogP contribution in [0.15, 0.2) is 103 Å². The van der Waals surface area contributed by atoms with Crippen LogP contribution in [0.3, 0.4) is 0 Å². The number of hydrogen-bond donors (Lipinski definition) is 3. The van der Waals surface area contributed by atoms with Gasteiger partial charge in [-0.3, -0.25) is 24.6 Å². The van der Waals surface area contributed by atoms with Gasteiger partial charge in [-0.1, -0.05) is 37.3 Å². The van der Waals surface area contributed by atoms with Gasteiger partial charge in [-0.2, -0.15) is 0 Å². The van der Waals surface area contributed by atoms with Crippen LogP contribution in [0.25, 0.3) is 11.4 Å². The molecule has 0 spiro atoms. The molecular weight excluding hydrogens is 853 g/mol. The molecule has 5 aromatic heterocycles. The topological polar surface area (TPSA) is 192 Å². The summed E-state index contributed by atoms with van der Waals surface area (Å²) in [5.41, 5.74) is 0.191. The van der Waals surface area contributed by atoms with Gasteiger partial charge in [0.25, 0.3) is 0 Å². The number of rotatable bonds is 10. The van der Waals surface area contributed by atoms with Crippen molar-refractivity contribution in [3.05, 3.63) is 138 Å². The number of carboxylic acids is 2. The summed E-state index contributed by atoms with van der Waals surface area (Å²) in [5.74, 6) is -2.94. The van der Waals surface area contributed by atoms with Crippen molar-refractivity contribution >= 4 is 17.9 Å². The molecule has 54 heavy (non-hydrogen) atoms. The normalized spacial score (nSPS) is 23.9. The van der Waals surface area contributed by atoms with Crippen LogP contribution in [0.1, 0.15) is 62.8 Å². The van der Waals surface area contributed by atoms with E-state index in [2.05, 4.69) is 14.9 Å². The fourth-order valence-corrected chi connectivity index (χ4v) is 8.26. The number of fused-ring (bicyclic) bond motifs is 2. The second-order valence-corrected chi connectivity index (χ2v) is 13.6. The number of esters is 1. The number of likely N-dealkylation sites (tertiary alicyclic amines) is 2. The molecular formula is C39H37LuN7O7+3. The van der Waals surface area contributed by atoms with Gasteiger partial charge < -0.3 is 20.1 Å². The summed E-state index contributed by atoms with van der Waals surface area (Å²) in [5, 5.41) is 31.9. The number of hydrogen-bond acceptors (Lipinski definition) is 12. The number of aromatic nitrogens is 5. The summed E-state index contributed by atoms with van der Waals surface area (Å²) in [6.07, 6.45) is 2.06. The van der Waals surface area contributed by atoms with Crippen LogP contribution in [0.5, 0.6) is 0 Å². The summed E-state index contributed by atoms with van der Waals surface area (Å²) in [7, 11) is 1.30. The fourth-order valence-electron chi connectivity index (χ4n) is 8.26. The van der Waals surface area contributed by atoms with Crippen LogP contribution in [0, 0.1) is 47.7 Å². The quantitative estimate of drug-likeness (QED) is 0.170. The van der Waals surface area contributed by atoms with Gasteiger partial charge in [0.15, 0.2) is 0 Å². The van der Waals surface area contributed by atoms with Gasteiger partial charge in [0.2, 0.25) is 0 Å². The first-order valence-electron chi connectivity index (χ1n) is 17.0. The minimum atomic E-state index is -1.61. The number of aliphatic hydroxyl groups is 1. The van der Waals surface area contributed by atoms with Crippen LogP contribution in [-0.4, -0.2) is 94.3 Å². The number of carbonyl (C=O) groups is 3. The Morgan fingerprint density at radius 3 is 1.87 bits per heavy atom. The molecule has 0 amide bonds. The molecule has 3 N–H and O–H groups in total. The van der Waals surface area contributed by atoms with Crippen LogP contribution < -0.4 is 0 Å². The maximum atomic E-state index is 14.5. The summed E-state index contributed by atoms with van der Waals surface area (Å²) in [6, 6.07) is 24.4. The Bertz CT molecular complexity index is 2160. The summed E-state index contributed by atoms with van der Waals surface area (Å²) >= 11 is 0. The molecule has 2 aliphatic heterocycles. The minimum absolute atomic E-state index is 0. The molecule has 282 valence electrons. The molecule has 2 bridgehead atoms. The van der Waals surface area contributed by atoms with Gasteiger partial charge in [0, 0.05) is 44.0 Å². The number of carbonyl (C=O) groups excluding carboxylic acids is 1. The first-order chi connectivity index (χ1) is 25.5. The number of carboxylic acid groups (broad SMARTS) is 2. The van der Waals surface area contributed by atoms with E-state index in [9.17, 15) is 29.7 Å². The Kier molecular flexibility index (Phi) is 11.5. The zero-order valence-electron chi connectivity index (χ0n) is 29.2. The number of aromatic carboxylic acids is 2. The molecule has 0 aliphatic carbocycles. The number of methoxy groups -OCH3 is 1. The van der Waals surface area contributed by atoms with Crippen LogP contribution in [-0.2, 0) is 22.6 Å². The van der Waals surface area contributed by atoms with Crippen molar-refractivity contribution in [2.75, 3.05) is 20.2 Å². The monoisotopic (exact) mass is 890 g/mol. The van der Waals surface area contributed by atoms with Crippen LogP contribution >= 0.6 is 0 Å². The fraction of sp³-hybridized carbons (Fsp3) is 0.282. The van der Waals surface area contributed by atoms with E-state index < -0.39 is 46.9 Å². The van der Waals surface area contributed by atoms with Gasteiger partial charge in [-0.05, 0) is 60.7 Å². The number of pyridine rings is 5. The van der Waals surface area contributed by atoms with Crippen molar-refractivity contribution in [3.8, 4) is 11.4 Å². The first-order valence-corrected chi connectivity index (χ1v) is 17.0. The van der Waals surface area contributed by atoms with Crippen LogP contribution in [0.4, 0.5) is 0 Å². The number of aliphatic hydroxyl groups excluding tert-OH is 1. The molecule has 0 radical (unpaired) electrons. The van der Waals surface area contributed by atoms with Crippen molar-refractivity contribution in [3.63, 3.8) is 0 Å². The number of nitrogens with zero attached hydrogens (tertiary/aromatic N) is 7. The Balaban J connectivity index is 0.00000497. The van der Waals surface area contributed by atoms with E-state index in [0.29, 0.717) is 34.2 Å². The van der Waals surface area contributed by atoms with Crippen molar-refractivity contribution in [2.24, 2.45) is 10.8 Å². The van der Waals surface area contributed by atoms with E-state index in [1.807, 2.05) is 54.3 Å². The SMILES string of the molecule is COC(=O)C12CN(Cc3cccc(C(=O)O)n3)CC(C)(C(c3ccccn3)N(Cc3cccc(-c4cccc(C(=O)O)n4)n3)C1c1ccccn1)C2O.[Lu+3]. The largest absolute Gasteiger partial charge is 3.00 e. The van der Waals surface area contributed by atoms with Gasteiger partial charge in [-0.15, -0.1) is 0 Å². The Labute approximate surface area is 340 Å². The molecule has 7 rings (SSSR count). The molecule has 5 atom stereocenters. The molecule has 5 unspecified atom stereocenters. The Morgan fingerprint density at radius 2 is 1.28 bits per heavy atom. The molecule has 5 aromatic rings. The predicted molar refractivity (Wildman–Crippen MR) is 189 cm³/mol. The van der Waals surface area contributed by atoms with E-state index in [1.165, 1.54) is 19.2 Å². The van der Waals surface area contributed by atoms with Gasteiger partial charge >= 0.3 is 54.8 Å². The Morgan fingerprint density at radius 1 is 0.722 bits per heavy atom. The molecule has 0 saturated carbocycles. The smallest absolute Gasteiger partial charge is 0.477 e. The number of piperidine rings is 2. The van der Waals surface area contributed by atoms with E-state index in [4.69, 9.17) is 19.7 Å². The third-order valence-electron chi connectivity index (χ3n) is 10.2. The third kappa shape index (κ3) is 7.12. The van der Waals surface area contributed by atoms with Crippen molar-refractivity contribution < 1.29 is 71.3 Å². The van der Waals surface area contributed by atoms with Gasteiger partial charge in [-0.25, -0.2) is 24.5 Å². The average molecular weight is 891 g/mol. The maximum Gasteiger partial charge on any atom is 3.00 e.